The fourth-order valence-electron chi connectivity index (χ4n) is 7.27. The molecule has 0 aromatic rings. The van der Waals surface area contributed by atoms with Crippen molar-refractivity contribution >= 4 is 11.6 Å². The quantitative estimate of drug-likeness (QED) is 0.645. The minimum absolute atomic E-state index is 0.0453. The first-order valence-electron chi connectivity index (χ1n) is 9.16. The van der Waals surface area contributed by atoms with Crippen molar-refractivity contribution in [1.82, 2.24) is 0 Å². The van der Waals surface area contributed by atoms with Crippen LogP contribution in [-0.2, 0) is 14.3 Å². The van der Waals surface area contributed by atoms with Gasteiger partial charge >= 0.3 is 0 Å². The van der Waals surface area contributed by atoms with Crippen molar-refractivity contribution in [1.29, 1.82) is 0 Å². The maximum Gasteiger partial charge on any atom is 0.164 e. The van der Waals surface area contributed by atoms with E-state index in [-0.39, 0.29) is 22.5 Å². The summed E-state index contributed by atoms with van der Waals surface area (Å²) in [5.74, 6) is 2.78. The Hall–Kier alpha value is -0.700. The Morgan fingerprint density at radius 3 is 2.59 bits per heavy atom. The molecule has 1 aliphatic heterocycles. The van der Waals surface area contributed by atoms with E-state index in [1.54, 1.807) is 0 Å². The molecule has 0 radical (unpaired) electrons. The summed E-state index contributed by atoms with van der Waals surface area (Å²) in [6.07, 6.45) is 7.93. The molecular formula is C19H26O3. The van der Waals surface area contributed by atoms with Gasteiger partial charge in [0.2, 0.25) is 0 Å². The lowest BCUT2D eigenvalue weighted by atomic mass is 9.45. The molecule has 120 valence electrons. The topological polar surface area (TPSA) is 46.7 Å². The van der Waals surface area contributed by atoms with Crippen molar-refractivity contribution in [2.75, 3.05) is 0 Å². The van der Waals surface area contributed by atoms with Crippen molar-refractivity contribution in [3.63, 3.8) is 0 Å². The summed E-state index contributed by atoms with van der Waals surface area (Å²) in [6, 6.07) is 0. The van der Waals surface area contributed by atoms with Crippen molar-refractivity contribution in [3.05, 3.63) is 0 Å². The average molecular weight is 302 g/mol. The highest BCUT2D eigenvalue weighted by molar-refractivity contribution is 5.89. The van der Waals surface area contributed by atoms with E-state index in [9.17, 15) is 9.59 Å². The van der Waals surface area contributed by atoms with Crippen LogP contribution in [0, 0.1) is 28.6 Å². The molecule has 4 aliphatic carbocycles. The zero-order chi connectivity index (χ0) is 15.3. The fraction of sp³-hybridized carbons (Fsp3) is 0.895. The second-order valence-electron chi connectivity index (χ2n) is 9.10. The van der Waals surface area contributed by atoms with Crippen LogP contribution in [0.2, 0.25) is 0 Å². The molecule has 1 spiro atoms. The van der Waals surface area contributed by atoms with Crippen molar-refractivity contribution in [2.24, 2.45) is 28.6 Å². The molecule has 0 aromatic carbocycles. The molecular weight excluding hydrogens is 276 g/mol. The molecule has 4 saturated carbocycles. The largest absolute Gasteiger partial charge is 0.357 e. The first kappa shape index (κ1) is 13.7. The van der Waals surface area contributed by atoms with Gasteiger partial charge in [0, 0.05) is 23.7 Å². The third-order valence-corrected chi connectivity index (χ3v) is 8.66. The molecule has 0 unspecified atom stereocenters. The van der Waals surface area contributed by atoms with Crippen molar-refractivity contribution in [3.8, 4) is 0 Å². The Morgan fingerprint density at radius 2 is 1.77 bits per heavy atom. The first-order chi connectivity index (χ1) is 10.4. The van der Waals surface area contributed by atoms with Gasteiger partial charge < -0.3 is 4.74 Å². The predicted molar refractivity (Wildman–Crippen MR) is 81.2 cm³/mol. The van der Waals surface area contributed by atoms with Gasteiger partial charge in [-0.3, -0.25) is 9.59 Å². The van der Waals surface area contributed by atoms with Crippen molar-refractivity contribution < 1.29 is 14.3 Å². The maximum absolute atomic E-state index is 12.4. The minimum atomic E-state index is -0.125. The Kier molecular flexibility index (Phi) is 2.40. The molecule has 1 heterocycles. The normalized spacial score (nSPS) is 59.4. The van der Waals surface area contributed by atoms with Crippen LogP contribution in [0.15, 0.2) is 0 Å². The van der Waals surface area contributed by atoms with E-state index >= 15 is 0 Å². The van der Waals surface area contributed by atoms with Crippen LogP contribution < -0.4 is 0 Å². The third kappa shape index (κ3) is 1.31. The molecule has 0 bridgehead atoms. The Bertz CT molecular complexity index is 583. The molecule has 0 N–H and O–H groups in total. The first-order valence-corrected chi connectivity index (χ1v) is 9.16. The summed E-state index contributed by atoms with van der Waals surface area (Å²) in [7, 11) is 0. The van der Waals surface area contributed by atoms with E-state index in [0.717, 1.165) is 44.9 Å². The number of hydrogen-bond acceptors (Lipinski definition) is 3. The van der Waals surface area contributed by atoms with Crippen LogP contribution >= 0.6 is 0 Å². The van der Waals surface area contributed by atoms with E-state index in [1.807, 2.05) is 0 Å². The highest BCUT2D eigenvalue weighted by Gasteiger charge is 2.76. The van der Waals surface area contributed by atoms with Gasteiger partial charge in [-0.25, -0.2) is 0 Å². The lowest BCUT2D eigenvalue weighted by molar-refractivity contribution is -0.140. The molecule has 5 aliphatic rings. The molecule has 5 fully saturated rings. The van der Waals surface area contributed by atoms with Gasteiger partial charge in [0.25, 0.3) is 0 Å². The van der Waals surface area contributed by atoms with Gasteiger partial charge in [0.05, 0.1) is 0 Å². The molecule has 5 rings (SSSR count). The number of fused-ring (bicyclic) bond motifs is 4. The SMILES string of the molecule is C[C@]12CC[C@@H]3[C@H](CC[C@@]45O[C@H]4C(=O)CC[C@]35C)[C@H]1CCC2=O. The summed E-state index contributed by atoms with van der Waals surface area (Å²) < 4.78 is 6.07. The number of carbonyl (C=O) groups excluding carboxylic acids is 2. The average Bonchev–Trinajstić information content (AvgIpc) is 3.17. The molecule has 22 heavy (non-hydrogen) atoms. The highest BCUT2D eigenvalue weighted by atomic mass is 16.6. The van der Waals surface area contributed by atoms with E-state index in [0.29, 0.717) is 35.7 Å². The zero-order valence-corrected chi connectivity index (χ0v) is 13.7. The number of epoxide rings is 1. The Labute approximate surface area is 132 Å². The molecule has 7 atom stereocenters. The van der Waals surface area contributed by atoms with Crippen LogP contribution in [0.3, 0.4) is 0 Å². The summed E-state index contributed by atoms with van der Waals surface area (Å²) in [4.78, 5) is 24.5. The van der Waals surface area contributed by atoms with Crippen LogP contribution in [0.25, 0.3) is 0 Å². The van der Waals surface area contributed by atoms with Gasteiger partial charge in [0.15, 0.2) is 5.78 Å². The van der Waals surface area contributed by atoms with Gasteiger partial charge in [-0.1, -0.05) is 13.8 Å². The second-order valence-corrected chi connectivity index (χ2v) is 9.10. The summed E-state index contributed by atoms with van der Waals surface area (Å²) in [5, 5.41) is 0. The van der Waals surface area contributed by atoms with E-state index in [4.69, 9.17) is 4.74 Å². The van der Waals surface area contributed by atoms with Crippen LogP contribution in [0.1, 0.15) is 65.2 Å². The summed E-state index contributed by atoms with van der Waals surface area (Å²) in [6.45, 7) is 4.63. The fourth-order valence-corrected chi connectivity index (χ4v) is 7.27. The standard InChI is InChI=1S/C19H26O3/c1-17-8-6-13-11(12(17)3-4-15(17)21)5-10-19-16(22-19)14(20)7-9-18(13,19)2/h11-13,16H,3-10H2,1-2H3/t11-,12-,13-,16+,17+,18-,19-/m1/s1. The maximum atomic E-state index is 12.4. The number of hydrogen-bond donors (Lipinski definition) is 0. The number of ether oxygens (including phenoxy) is 1. The number of Topliss-reactive ketones (excluding diaryl/α,β-unsaturated/α-hetero) is 2. The highest BCUT2D eigenvalue weighted by Crippen LogP contribution is 2.71. The smallest absolute Gasteiger partial charge is 0.164 e. The minimum Gasteiger partial charge on any atom is -0.357 e. The lowest BCUT2D eigenvalue weighted by Crippen LogP contribution is -2.58. The van der Waals surface area contributed by atoms with Crippen molar-refractivity contribution in [2.45, 2.75) is 76.9 Å². The van der Waals surface area contributed by atoms with Gasteiger partial charge in [0.1, 0.15) is 17.5 Å². The lowest BCUT2D eigenvalue weighted by Gasteiger charge is -2.58. The number of rotatable bonds is 0. The number of carbonyl (C=O) groups is 2. The van der Waals surface area contributed by atoms with Crippen LogP contribution in [0.5, 0.6) is 0 Å². The summed E-state index contributed by atoms with van der Waals surface area (Å²) >= 11 is 0. The van der Waals surface area contributed by atoms with Gasteiger partial charge in [-0.05, 0) is 56.3 Å². The molecule has 0 aromatic heterocycles. The van der Waals surface area contributed by atoms with Gasteiger partial charge in [-0.15, -0.1) is 0 Å². The van der Waals surface area contributed by atoms with E-state index in [2.05, 4.69) is 13.8 Å². The molecule has 3 nitrogen and oxygen atoms in total. The molecule has 1 saturated heterocycles. The predicted octanol–water partition coefficient (Wildman–Crippen LogP) is 3.30. The Morgan fingerprint density at radius 1 is 0.955 bits per heavy atom. The van der Waals surface area contributed by atoms with Crippen LogP contribution in [-0.4, -0.2) is 23.3 Å². The third-order valence-electron chi connectivity index (χ3n) is 8.66. The second kappa shape index (κ2) is 3.85. The summed E-state index contributed by atoms with van der Waals surface area (Å²) in [5.41, 5.74) is -0.00234. The number of ketones is 2. The van der Waals surface area contributed by atoms with E-state index in [1.165, 1.54) is 0 Å². The monoisotopic (exact) mass is 302 g/mol. The molecule has 0 amide bonds. The Balaban J connectivity index is 1.52. The van der Waals surface area contributed by atoms with E-state index < -0.39 is 0 Å². The van der Waals surface area contributed by atoms with Gasteiger partial charge in [-0.2, -0.15) is 0 Å². The van der Waals surface area contributed by atoms with Crippen LogP contribution in [0.4, 0.5) is 0 Å². The zero-order valence-electron chi connectivity index (χ0n) is 13.7. The molecule has 3 heteroatoms.